The maximum absolute atomic E-state index is 12.0. The minimum atomic E-state index is -4.77. The monoisotopic (exact) mass is 323 g/mol. The van der Waals surface area contributed by atoms with Gasteiger partial charge in [0, 0.05) is 5.69 Å². The summed E-state index contributed by atoms with van der Waals surface area (Å²) in [5, 5.41) is 31.8. The molecule has 1 aliphatic heterocycles. The molecular formula is C13H16F3NO5. The van der Waals surface area contributed by atoms with Crippen LogP contribution in [0.3, 0.4) is 0 Å². The zero-order chi connectivity index (χ0) is 16.5. The minimum absolute atomic E-state index is 0.356. The standard InChI is InChI=1S/C13H16F3NO5/c1-6-9(18)10(19)11(20)12(21-6)17-7-2-4-8(5-3-7)22-13(14,15)16/h2-6,9-12,17-20H,1H3/t6-,9+,10-,11-,12+/m0/s1. The van der Waals surface area contributed by atoms with Gasteiger partial charge in [0.1, 0.15) is 24.1 Å². The van der Waals surface area contributed by atoms with E-state index < -0.39 is 37.0 Å². The van der Waals surface area contributed by atoms with Crippen molar-refractivity contribution in [2.75, 3.05) is 5.32 Å². The van der Waals surface area contributed by atoms with Gasteiger partial charge in [0.15, 0.2) is 6.23 Å². The number of hydrogen-bond acceptors (Lipinski definition) is 6. The molecule has 0 spiro atoms. The highest BCUT2D eigenvalue weighted by Crippen LogP contribution is 2.26. The summed E-state index contributed by atoms with van der Waals surface area (Å²) in [4.78, 5) is 0. The Balaban J connectivity index is 2.01. The first-order valence-corrected chi connectivity index (χ1v) is 6.49. The Hall–Kier alpha value is -1.55. The lowest BCUT2D eigenvalue weighted by molar-refractivity contribution is -0.274. The first-order valence-electron chi connectivity index (χ1n) is 6.49. The highest BCUT2D eigenvalue weighted by atomic mass is 19.4. The van der Waals surface area contributed by atoms with E-state index >= 15 is 0 Å². The lowest BCUT2D eigenvalue weighted by Crippen LogP contribution is -2.58. The predicted molar refractivity (Wildman–Crippen MR) is 69.1 cm³/mol. The second kappa shape index (κ2) is 6.29. The van der Waals surface area contributed by atoms with Gasteiger partial charge in [0.05, 0.1) is 6.10 Å². The summed E-state index contributed by atoms with van der Waals surface area (Å²) in [7, 11) is 0. The average Bonchev–Trinajstić information content (AvgIpc) is 2.43. The number of aliphatic hydroxyl groups is 3. The molecular weight excluding hydrogens is 307 g/mol. The molecule has 5 atom stereocenters. The molecule has 1 heterocycles. The molecule has 1 saturated heterocycles. The van der Waals surface area contributed by atoms with E-state index in [-0.39, 0.29) is 5.75 Å². The molecule has 0 radical (unpaired) electrons. The van der Waals surface area contributed by atoms with Gasteiger partial charge in [0.25, 0.3) is 0 Å². The van der Waals surface area contributed by atoms with Crippen LogP contribution in [0.25, 0.3) is 0 Å². The molecule has 1 aromatic rings. The maximum Gasteiger partial charge on any atom is 0.573 e. The molecule has 4 N–H and O–H groups in total. The van der Waals surface area contributed by atoms with Crippen LogP contribution in [0, 0.1) is 0 Å². The van der Waals surface area contributed by atoms with E-state index in [2.05, 4.69) is 10.1 Å². The summed E-state index contributed by atoms with van der Waals surface area (Å²) in [5.74, 6) is -0.382. The van der Waals surface area contributed by atoms with Gasteiger partial charge in [-0.05, 0) is 31.2 Å². The van der Waals surface area contributed by atoms with Gasteiger partial charge >= 0.3 is 6.36 Å². The molecule has 9 heteroatoms. The van der Waals surface area contributed by atoms with Gasteiger partial charge in [-0.15, -0.1) is 13.2 Å². The van der Waals surface area contributed by atoms with Crippen LogP contribution in [0.5, 0.6) is 5.75 Å². The Kier molecular flexibility index (Phi) is 4.81. The Morgan fingerprint density at radius 3 is 2.18 bits per heavy atom. The van der Waals surface area contributed by atoms with E-state index in [0.29, 0.717) is 5.69 Å². The molecule has 1 fully saturated rings. The fraction of sp³-hybridized carbons (Fsp3) is 0.538. The quantitative estimate of drug-likeness (QED) is 0.658. The van der Waals surface area contributed by atoms with Crippen molar-refractivity contribution in [3.05, 3.63) is 24.3 Å². The van der Waals surface area contributed by atoms with Crippen molar-refractivity contribution < 1.29 is 38.0 Å². The van der Waals surface area contributed by atoms with E-state index in [1.54, 1.807) is 0 Å². The normalized spacial score (nSPS) is 32.6. The van der Waals surface area contributed by atoms with E-state index in [1.165, 1.54) is 19.1 Å². The topological polar surface area (TPSA) is 91.2 Å². The van der Waals surface area contributed by atoms with Crippen LogP contribution in [0.15, 0.2) is 24.3 Å². The fourth-order valence-electron chi connectivity index (χ4n) is 2.09. The second-order valence-corrected chi connectivity index (χ2v) is 4.95. The van der Waals surface area contributed by atoms with Crippen molar-refractivity contribution in [2.45, 2.75) is 43.9 Å². The van der Waals surface area contributed by atoms with Gasteiger partial charge in [-0.2, -0.15) is 0 Å². The van der Waals surface area contributed by atoms with Crippen molar-refractivity contribution in [1.29, 1.82) is 0 Å². The van der Waals surface area contributed by atoms with Crippen molar-refractivity contribution in [3.8, 4) is 5.75 Å². The van der Waals surface area contributed by atoms with Crippen LogP contribution >= 0.6 is 0 Å². The molecule has 0 aliphatic carbocycles. The third-order valence-corrected chi connectivity index (χ3v) is 3.25. The molecule has 124 valence electrons. The zero-order valence-corrected chi connectivity index (χ0v) is 11.5. The van der Waals surface area contributed by atoms with Crippen LogP contribution < -0.4 is 10.1 Å². The number of alkyl halides is 3. The van der Waals surface area contributed by atoms with Crippen LogP contribution in [-0.2, 0) is 4.74 Å². The van der Waals surface area contributed by atoms with Crippen molar-refractivity contribution in [1.82, 2.24) is 0 Å². The average molecular weight is 323 g/mol. The van der Waals surface area contributed by atoms with E-state index in [4.69, 9.17) is 4.74 Å². The summed E-state index contributed by atoms with van der Waals surface area (Å²) >= 11 is 0. The van der Waals surface area contributed by atoms with Gasteiger partial charge in [0.2, 0.25) is 0 Å². The second-order valence-electron chi connectivity index (χ2n) is 4.95. The Morgan fingerprint density at radius 2 is 1.64 bits per heavy atom. The first-order chi connectivity index (χ1) is 10.2. The van der Waals surface area contributed by atoms with Crippen molar-refractivity contribution >= 4 is 5.69 Å². The van der Waals surface area contributed by atoms with Crippen LogP contribution in [0.4, 0.5) is 18.9 Å². The lowest BCUT2D eigenvalue weighted by Gasteiger charge is -2.39. The van der Waals surface area contributed by atoms with Gasteiger partial charge in [-0.3, -0.25) is 0 Å². The molecule has 0 unspecified atom stereocenters. The maximum atomic E-state index is 12.0. The van der Waals surface area contributed by atoms with E-state index in [0.717, 1.165) is 12.1 Å². The number of ether oxygens (including phenoxy) is 2. The SMILES string of the molecule is C[C@@H]1O[C@@H](Nc2ccc(OC(F)(F)F)cc2)[C@@H](O)[C@@H](O)[C@@H]1O. The molecule has 6 nitrogen and oxygen atoms in total. The number of halogens is 3. The van der Waals surface area contributed by atoms with E-state index in [9.17, 15) is 28.5 Å². The predicted octanol–water partition coefficient (Wildman–Crippen LogP) is 0.825. The number of anilines is 1. The summed E-state index contributed by atoms with van der Waals surface area (Å²) < 4.78 is 45.2. The molecule has 0 amide bonds. The first kappa shape index (κ1) is 16.8. The van der Waals surface area contributed by atoms with Gasteiger partial charge in [-0.25, -0.2) is 0 Å². The van der Waals surface area contributed by atoms with Crippen LogP contribution in [0.2, 0.25) is 0 Å². The van der Waals surface area contributed by atoms with Gasteiger partial charge in [-0.1, -0.05) is 0 Å². The number of rotatable bonds is 3. The zero-order valence-electron chi connectivity index (χ0n) is 11.5. The molecule has 0 saturated carbocycles. The molecule has 2 rings (SSSR count). The molecule has 1 aliphatic rings. The summed E-state index contributed by atoms with van der Waals surface area (Å²) in [6.07, 6.45) is -10.5. The smallest absolute Gasteiger partial charge is 0.406 e. The molecule has 1 aromatic carbocycles. The largest absolute Gasteiger partial charge is 0.573 e. The highest BCUT2D eigenvalue weighted by Gasteiger charge is 2.41. The number of nitrogens with one attached hydrogen (secondary N) is 1. The molecule has 0 bridgehead atoms. The Bertz CT molecular complexity index is 495. The van der Waals surface area contributed by atoms with Crippen LogP contribution in [0.1, 0.15) is 6.92 Å². The lowest BCUT2D eigenvalue weighted by atomic mass is 9.99. The van der Waals surface area contributed by atoms with E-state index in [1.807, 2.05) is 0 Å². The summed E-state index contributed by atoms with van der Waals surface area (Å²) in [6, 6.07) is 4.80. The third kappa shape index (κ3) is 4.01. The third-order valence-electron chi connectivity index (χ3n) is 3.25. The summed E-state index contributed by atoms with van der Waals surface area (Å²) in [6.45, 7) is 1.52. The highest BCUT2D eigenvalue weighted by molar-refractivity contribution is 5.47. The van der Waals surface area contributed by atoms with Crippen molar-refractivity contribution in [3.63, 3.8) is 0 Å². The minimum Gasteiger partial charge on any atom is -0.406 e. The molecule has 22 heavy (non-hydrogen) atoms. The van der Waals surface area contributed by atoms with Gasteiger partial charge < -0.3 is 30.1 Å². The Labute approximate surface area is 124 Å². The Morgan fingerprint density at radius 1 is 1.05 bits per heavy atom. The van der Waals surface area contributed by atoms with Crippen LogP contribution in [-0.4, -0.2) is 52.3 Å². The number of hydrogen-bond donors (Lipinski definition) is 4. The number of benzene rings is 1. The number of aliphatic hydroxyl groups excluding tert-OH is 3. The fourth-order valence-corrected chi connectivity index (χ4v) is 2.09. The van der Waals surface area contributed by atoms with Crippen molar-refractivity contribution in [2.24, 2.45) is 0 Å². The molecule has 0 aromatic heterocycles. The summed E-state index contributed by atoms with van der Waals surface area (Å²) in [5.41, 5.74) is 0.356.